The number of hydrogen-bond donors (Lipinski definition) is 0. The summed E-state index contributed by atoms with van der Waals surface area (Å²) < 4.78 is 11.6. The molecule has 0 aliphatic heterocycles. The summed E-state index contributed by atoms with van der Waals surface area (Å²) in [5, 5.41) is 9.47. The molecule has 128 valence electrons. The molecule has 0 radical (unpaired) electrons. The van der Waals surface area contributed by atoms with Crippen LogP contribution < -0.4 is 9.47 Å². The van der Waals surface area contributed by atoms with Gasteiger partial charge in [-0.15, -0.1) is 0 Å². The fourth-order valence-electron chi connectivity index (χ4n) is 3.20. The molecular formula is C22H23NO2. The molecule has 1 saturated carbocycles. The van der Waals surface area contributed by atoms with Crippen LogP contribution in [0.4, 0.5) is 0 Å². The van der Waals surface area contributed by atoms with Crippen molar-refractivity contribution in [2.45, 2.75) is 38.2 Å². The van der Waals surface area contributed by atoms with E-state index in [4.69, 9.17) is 9.47 Å². The van der Waals surface area contributed by atoms with Gasteiger partial charge in [0.1, 0.15) is 0 Å². The Morgan fingerprint density at radius 3 is 2.56 bits per heavy atom. The molecule has 1 aliphatic carbocycles. The van der Waals surface area contributed by atoms with Crippen molar-refractivity contribution in [1.29, 1.82) is 5.26 Å². The van der Waals surface area contributed by atoms with Gasteiger partial charge in [0.25, 0.3) is 0 Å². The molecule has 0 aromatic heterocycles. The van der Waals surface area contributed by atoms with Gasteiger partial charge in [-0.3, -0.25) is 0 Å². The predicted molar refractivity (Wildman–Crippen MR) is 99.6 cm³/mol. The van der Waals surface area contributed by atoms with Gasteiger partial charge in [0.15, 0.2) is 11.5 Å². The zero-order chi connectivity index (χ0) is 17.5. The molecule has 3 nitrogen and oxygen atoms in total. The second kappa shape index (κ2) is 8.39. The van der Waals surface area contributed by atoms with Crippen LogP contribution in [0.2, 0.25) is 0 Å². The van der Waals surface area contributed by atoms with Gasteiger partial charge in [0, 0.05) is 12.0 Å². The SMILES string of the molecule is COc1ccc(/C=C(\C#N)Cc2ccccc2)cc1OC1CCCC1. The van der Waals surface area contributed by atoms with E-state index < -0.39 is 0 Å². The number of benzene rings is 2. The number of methoxy groups -OCH3 is 1. The van der Waals surface area contributed by atoms with Crippen molar-refractivity contribution in [3.8, 4) is 17.6 Å². The van der Waals surface area contributed by atoms with Gasteiger partial charge in [-0.2, -0.15) is 5.26 Å². The van der Waals surface area contributed by atoms with E-state index in [0.717, 1.165) is 41.0 Å². The number of nitrogens with zero attached hydrogens (tertiary/aromatic N) is 1. The van der Waals surface area contributed by atoms with Crippen LogP contribution in [0.15, 0.2) is 54.1 Å². The quantitative estimate of drug-likeness (QED) is 0.685. The molecule has 1 aliphatic rings. The minimum Gasteiger partial charge on any atom is -0.493 e. The topological polar surface area (TPSA) is 42.2 Å². The molecule has 0 unspecified atom stereocenters. The molecule has 0 spiro atoms. The zero-order valence-electron chi connectivity index (χ0n) is 14.6. The van der Waals surface area contributed by atoms with Crippen LogP contribution in [0.3, 0.4) is 0 Å². The van der Waals surface area contributed by atoms with Gasteiger partial charge in [-0.05, 0) is 55.0 Å². The van der Waals surface area contributed by atoms with E-state index in [2.05, 4.69) is 6.07 Å². The number of rotatable bonds is 6. The summed E-state index contributed by atoms with van der Waals surface area (Å²) in [5.41, 5.74) is 2.82. The fourth-order valence-corrected chi connectivity index (χ4v) is 3.20. The van der Waals surface area contributed by atoms with Crippen LogP contribution in [0.1, 0.15) is 36.8 Å². The third kappa shape index (κ3) is 4.64. The number of ether oxygens (including phenoxy) is 2. The molecular weight excluding hydrogens is 310 g/mol. The van der Waals surface area contributed by atoms with Crippen LogP contribution in [-0.4, -0.2) is 13.2 Å². The molecule has 0 amide bonds. The minimum atomic E-state index is 0.271. The highest BCUT2D eigenvalue weighted by Gasteiger charge is 2.18. The first-order valence-electron chi connectivity index (χ1n) is 8.78. The van der Waals surface area contributed by atoms with E-state index in [-0.39, 0.29) is 6.10 Å². The Hall–Kier alpha value is -2.73. The van der Waals surface area contributed by atoms with Crippen molar-refractivity contribution < 1.29 is 9.47 Å². The van der Waals surface area contributed by atoms with Crippen LogP contribution >= 0.6 is 0 Å². The second-order valence-corrected chi connectivity index (χ2v) is 6.38. The maximum atomic E-state index is 9.47. The Morgan fingerprint density at radius 2 is 1.88 bits per heavy atom. The minimum absolute atomic E-state index is 0.271. The lowest BCUT2D eigenvalue weighted by Gasteiger charge is -2.16. The van der Waals surface area contributed by atoms with Crippen molar-refractivity contribution in [1.82, 2.24) is 0 Å². The molecule has 0 heterocycles. The summed E-state index contributed by atoms with van der Waals surface area (Å²) in [6, 6.07) is 18.2. The third-order valence-corrected chi connectivity index (χ3v) is 4.51. The number of hydrogen-bond acceptors (Lipinski definition) is 3. The summed E-state index contributed by atoms with van der Waals surface area (Å²) in [4.78, 5) is 0. The predicted octanol–water partition coefficient (Wildman–Crippen LogP) is 5.17. The van der Waals surface area contributed by atoms with Crippen LogP contribution in [0.25, 0.3) is 6.08 Å². The smallest absolute Gasteiger partial charge is 0.162 e. The largest absolute Gasteiger partial charge is 0.493 e. The molecule has 2 aromatic carbocycles. The normalized spacial score (nSPS) is 15.0. The molecule has 25 heavy (non-hydrogen) atoms. The van der Waals surface area contributed by atoms with Crippen molar-refractivity contribution in [2.75, 3.05) is 7.11 Å². The fraction of sp³-hybridized carbons (Fsp3) is 0.318. The molecule has 0 N–H and O–H groups in total. The van der Waals surface area contributed by atoms with E-state index >= 15 is 0 Å². The van der Waals surface area contributed by atoms with Crippen molar-refractivity contribution in [3.63, 3.8) is 0 Å². The van der Waals surface area contributed by atoms with Crippen LogP contribution in [0, 0.1) is 11.3 Å². The molecule has 0 saturated heterocycles. The van der Waals surface area contributed by atoms with E-state index in [1.54, 1.807) is 7.11 Å². The Morgan fingerprint density at radius 1 is 1.12 bits per heavy atom. The molecule has 0 bridgehead atoms. The highest BCUT2D eigenvalue weighted by molar-refractivity contribution is 5.61. The van der Waals surface area contributed by atoms with E-state index in [1.807, 2.05) is 54.6 Å². The summed E-state index contributed by atoms with van der Waals surface area (Å²) >= 11 is 0. The van der Waals surface area contributed by atoms with E-state index in [9.17, 15) is 5.26 Å². The van der Waals surface area contributed by atoms with Gasteiger partial charge in [0.2, 0.25) is 0 Å². The van der Waals surface area contributed by atoms with Crippen molar-refractivity contribution in [2.24, 2.45) is 0 Å². The van der Waals surface area contributed by atoms with Crippen LogP contribution in [0.5, 0.6) is 11.5 Å². The zero-order valence-corrected chi connectivity index (χ0v) is 14.6. The van der Waals surface area contributed by atoms with E-state index in [0.29, 0.717) is 6.42 Å². The van der Waals surface area contributed by atoms with Crippen LogP contribution in [-0.2, 0) is 6.42 Å². The summed E-state index contributed by atoms with van der Waals surface area (Å²) in [5.74, 6) is 1.51. The highest BCUT2D eigenvalue weighted by Crippen LogP contribution is 2.33. The van der Waals surface area contributed by atoms with Gasteiger partial charge >= 0.3 is 0 Å². The highest BCUT2D eigenvalue weighted by atomic mass is 16.5. The van der Waals surface area contributed by atoms with Gasteiger partial charge in [0.05, 0.1) is 19.3 Å². The lowest BCUT2D eigenvalue weighted by Crippen LogP contribution is -2.11. The third-order valence-electron chi connectivity index (χ3n) is 4.51. The molecule has 1 fully saturated rings. The Kier molecular flexibility index (Phi) is 5.74. The first-order valence-corrected chi connectivity index (χ1v) is 8.78. The van der Waals surface area contributed by atoms with E-state index in [1.165, 1.54) is 12.8 Å². The molecule has 3 rings (SSSR count). The monoisotopic (exact) mass is 333 g/mol. The summed E-state index contributed by atoms with van der Waals surface area (Å²) in [6.07, 6.45) is 7.47. The standard InChI is InChI=1S/C22H23NO2/c1-24-21-12-11-18(15-22(21)25-20-9-5-6-10-20)14-19(16-23)13-17-7-3-2-4-8-17/h2-4,7-8,11-12,14-15,20H,5-6,9-10,13H2,1H3/b19-14-. The number of nitriles is 1. The molecule has 3 heteroatoms. The Labute approximate surface area is 149 Å². The summed E-state index contributed by atoms with van der Waals surface area (Å²) in [6.45, 7) is 0. The average Bonchev–Trinajstić information content (AvgIpc) is 3.15. The van der Waals surface area contributed by atoms with Crippen molar-refractivity contribution >= 4 is 6.08 Å². The lowest BCUT2D eigenvalue weighted by atomic mass is 10.0. The maximum absolute atomic E-state index is 9.47. The first-order chi connectivity index (χ1) is 12.3. The Balaban J connectivity index is 1.81. The lowest BCUT2D eigenvalue weighted by molar-refractivity contribution is 0.201. The second-order valence-electron chi connectivity index (χ2n) is 6.38. The summed E-state index contributed by atoms with van der Waals surface area (Å²) in [7, 11) is 1.66. The molecule has 0 atom stereocenters. The van der Waals surface area contributed by atoms with Gasteiger partial charge in [-0.1, -0.05) is 36.4 Å². The van der Waals surface area contributed by atoms with Crippen molar-refractivity contribution in [3.05, 3.63) is 65.2 Å². The first kappa shape index (κ1) is 17.1. The van der Waals surface area contributed by atoms with Gasteiger partial charge in [-0.25, -0.2) is 0 Å². The Bertz CT molecular complexity index is 768. The molecule has 2 aromatic rings. The van der Waals surface area contributed by atoms with Gasteiger partial charge < -0.3 is 9.47 Å². The average molecular weight is 333 g/mol. The maximum Gasteiger partial charge on any atom is 0.162 e. The number of allylic oxidation sites excluding steroid dienone is 1.